The van der Waals surface area contributed by atoms with E-state index in [0.717, 1.165) is 5.56 Å². The van der Waals surface area contributed by atoms with Crippen LogP contribution in [0.5, 0.6) is 5.75 Å². The van der Waals surface area contributed by atoms with Crippen LogP contribution in [-0.2, 0) is 18.2 Å². The number of aromatic hydroxyl groups is 1. The number of phenolic OH excluding ortho intramolecular Hbond substituents is 1. The summed E-state index contributed by atoms with van der Waals surface area (Å²) in [6.45, 7) is 1.87. The van der Waals surface area contributed by atoms with E-state index >= 15 is 0 Å². The number of rotatable bonds is 0. The Morgan fingerprint density at radius 2 is 1.58 bits per heavy atom. The van der Waals surface area contributed by atoms with E-state index in [1.807, 2.05) is 25.1 Å². The summed E-state index contributed by atoms with van der Waals surface area (Å²) >= 11 is -2.13. The quantitative estimate of drug-likeness (QED) is 0.773. The molecule has 5 heteroatoms. The van der Waals surface area contributed by atoms with Crippen molar-refractivity contribution in [3.8, 4) is 5.75 Å². The van der Waals surface area contributed by atoms with Crippen molar-refractivity contribution >= 4 is 25.5 Å². The summed E-state index contributed by atoms with van der Waals surface area (Å²) in [4.78, 5) is 0. The molecule has 0 spiro atoms. The second kappa shape index (κ2) is 7.20. The maximum atomic E-state index is 8.92. The van der Waals surface area contributed by atoms with Gasteiger partial charge in [-0.15, -0.1) is 0 Å². The third-order valence-electron chi connectivity index (χ3n) is 1.12. The molecule has 1 aromatic rings. The van der Waals surface area contributed by atoms with Gasteiger partial charge in [0.05, 0.1) is 0 Å². The van der Waals surface area contributed by atoms with Gasteiger partial charge in [0, 0.05) is 0 Å². The first kappa shape index (κ1) is 12.8. The molecule has 0 amide bonds. The Morgan fingerprint density at radius 3 is 1.83 bits per heavy atom. The molecule has 0 aromatic heterocycles. The summed E-state index contributed by atoms with van der Waals surface area (Å²) in [7, 11) is 15.0. The van der Waals surface area contributed by atoms with Gasteiger partial charge < -0.3 is 5.11 Å². The predicted octanol–water partition coefficient (Wildman–Crippen LogP) is 3.77. The molecule has 1 N–H and O–H groups in total. The fourth-order valence-corrected chi connectivity index (χ4v) is 0.563. The minimum absolute atomic E-state index is 0.368. The van der Waals surface area contributed by atoms with E-state index in [2.05, 4.69) is 0 Å². The van der Waals surface area contributed by atoms with Crippen LogP contribution in [0.3, 0.4) is 0 Å². The zero-order valence-corrected chi connectivity index (χ0v) is 11.1. The fourth-order valence-electron chi connectivity index (χ4n) is 0.563. The number of halogens is 3. The molecule has 0 fully saturated rings. The van der Waals surface area contributed by atoms with Gasteiger partial charge in [0.25, 0.3) is 0 Å². The molecular formula is C7H8Cl3OZr. The molecule has 1 nitrogen and oxygen atoms in total. The van der Waals surface area contributed by atoms with Crippen LogP contribution in [0, 0.1) is 6.92 Å². The van der Waals surface area contributed by atoms with Crippen molar-refractivity contribution in [2.45, 2.75) is 6.92 Å². The van der Waals surface area contributed by atoms with Crippen LogP contribution >= 0.6 is 25.5 Å². The zero-order chi connectivity index (χ0) is 9.56. The van der Waals surface area contributed by atoms with Crippen molar-refractivity contribution in [3.05, 3.63) is 29.8 Å². The van der Waals surface area contributed by atoms with E-state index in [-0.39, 0.29) is 0 Å². The standard InChI is InChI=1S/C7H8O.3ClH.Zr/c1-6-4-2-3-5-7(6)8;;;;/h2-5,8H,1H3;3*1H;/q;;;;+3/p-3. The Bertz CT molecular complexity index is 206. The van der Waals surface area contributed by atoms with Crippen LogP contribution in [-0.4, -0.2) is 5.11 Å². The zero-order valence-electron chi connectivity index (χ0n) is 6.39. The van der Waals surface area contributed by atoms with Gasteiger partial charge in [-0.2, -0.15) is 0 Å². The average molecular weight is 306 g/mol. The molecule has 0 atom stereocenters. The molecule has 1 aromatic carbocycles. The van der Waals surface area contributed by atoms with Gasteiger partial charge in [0.2, 0.25) is 0 Å². The van der Waals surface area contributed by atoms with E-state index in [1.165, 1.54) is 0 Å². The molecule has 12 heavy (non-hydrogen) atoms. The van der Waals surface area contributed by atoms with E-state index in [4.69, 9.17) is 30.6 Å². The SMILES string of the molecule is Cc1ccccc1O.[Cl][Zr]([Cl])[Cl]. The number of para-hydroxylation sites is 1. The molecule has 0 heterocycles. The second-order valence-corrected chi connectivity index (χ2v) is 13.2. The Hall–Kier alpha value is 0.773. The van der Waals surface area contributed by atoms with Gasteiger partial charge in [-0.05, 0) is 18.6 Å². The third kappa shape index (κ3) is 7.42. The molecule has 0 bridgehead atoms. The molecule has 67 valence electrons. The Morgan fingerprint density at radius 1 is 1.17 bits per heavy atom. The van der Waals surface area contributed by atoms with E-state index < -0.39 is 18.2 Å². The van der Waals surface area contributed by atoms with Gasteiger partial charge in [-0.1, -0.05) is 18.2 Å². The molecule has 0 unspecified atom stereocenters. The Balaban J connectivity index is 0.000000261. The topological polar surface area (TPSA) is 20.2 Å². The Kier molecular flexibility index (Phi) is 7.67. The number of aryl methyl sites for hydroxylation is 1. The van der Waals surface area contributed by atoms with Gasteiger partial charge >= 0.3 is 43.7 Å². The van der Waals surface area contributed by atoms with E-state index in [9.17, 15) is 0 Å². The summed E-state index contributed by atoms with van der Waals surface area (Å²) in [6.07, 6.45) is 0. The summed E-state index contributed by atoms with van der Waals surface area (Å²) in [5.74, 6) is 0.368. The van der Waals surface area contributed by atoms with E-state index in [0.29, 0.717) is 5.75 Å². The van der Waals surface area contributed by atoms with Crippen LogP contribution in [0.4, 0.5) is 0 Å². The first-order chi connectivity index (χ1) is 5.54. The first-order valence-corrected chi connectivity index (χ1v) is 12.6. The summed E-state index contributed by atoms with van der Waals surface area (Å²) in [6, 6.07) is 7.25. The van der Waals surface area contributed by atoms with Crippen molar-refractivity contribution in [1.82, 2.24) is 0 Å². The van der Waals surface area contributed by atoms with Crippen LogP contribution < -0.4 is 0 Å². The fraction of sp³-hybridized carbons (Fsp3) is 0.143. The molecule has 0 aliphatic carbocycles. The molecule has 0 aliphatic heterocycles. The first-order valence-electron chi connectivity index (χ1n) is 3.12. The maximum absolute atomic E-state index is 8.92. The molecular weight excluding hydrogens is 298 g/mol. The van der Waals surface area contributed by atoms with Crippen LogP contribution in [0.15, 0.2) is 24.3 Å². The van der Waals surface area contributed by atoms with Crippen LogP contribution in [0.2, 0.25) is 0 Å². The van der Waals surface area contributed by atoms with Crippen molar-refractivity contribution in [1.29, 1.82) is 0 Å². The summed E-state index contributed by atoms with van der Waals surface area (Å²) < 4.78 is 0. The Labute approximate surface area is 90.6 Å². The monoisotopic (exact) mass is 303 g/mol. The van der Waals surface area contributed by atoms with Crippen molar-refractivity contribution in [2.75, 3.05) is 0 Å². The van der Waals surface area contributed by atoms with Crippen molar-refractivity contribution < 1.29 is 23.3 Å². The second-order valence-electron chi connectivity index (χ2n) is 2.00. The predicted molar refractivity (Wildman–Crippen MR) is 50.4 cm³/mol. The van der Waals surface area contributed by atoms with Crippen molar-refractivity contribution in [2.24, 2.45) is 0 Å². The molecule has 0 radical (unpaired) electrons. The molecule has 1 rings (SSSR count). The van der Waals surface area contributed by atoms with Gasteiger partial charge in [-0.3, -0.25) is 0 Å². The molecule has 0 saturated carbocycles. The number of hydrogen-bond donors (Lipinski definition) is 1. The minimum atomic E-state index is -2.13. The van der Waals surface area contributed by atoms with Crippen molar-refractivity contribution in [3.63, 3.8) is 0 Å². The number of phenols is 1. The average Bonchev–Trinajstić information content (AvgIpc) is 1.94. The van der Waals surface area contributed by atoms with E-state index in [1.54, 1.807) is 6.07 Å². The molecule has 0 saturated heterocycles. The van der Waals surface area contributed by atoms with Crippen LogP contribution in [0.1, 0.15) is 5.56 Å². The third-order valence-corrected chi connectivity index (χ3v) is 1.12. The van der Waals surface area contributed by atoms with Gasteiger partial charge in [0.15, 0.2) is 0 Å². The summed E-state index contributed by atoms with van der Waals surface area (Å²) in [5.41, 5.74) is 0.924. The van der Waals surface area contributed by atoms with Gasteiger partial charge in [-0.25, -0.2) is 0 Å². The molecule has 0 aliphatic rings. The number of benzene rings is 1. The number of hydrogen-bond acceptors (Lipinski definition) is 1. The van der Waals surface area contributed by atoms with Gasteiger partial charge in [0.1, 0.15) is 5.75 Å². The van der Waals surface area contributed by atoms with Crippen LogP contribution in [0.25, 0.3) is 0 Å². The normalized spacial score (nSPS) is 8.33. The summed E-state index contributed by atoms with van der Waals surface area (Å²) in [5, 5.41) is 8.92.